The molecule has 1 N–H and O–H groups in total. The highest BCUT2D eigenvalue weighted by Gasteiger charge is 2.71. The molecule has 0 spiro atoms. The zero-order valence-electron chi connectivity index (χ0n) is 21.2. The minimum atomic E-state index is -0.468. The maximum absolute atomic E-state index is 12.8. The zero-order chi connectivity index (χ0) is 24.1. The van der Waals surface area contributed by atoms with Crippen molar-refractivity contribution in [3.05, 3.63) is 36.2 Å². The molecule has 1 heterocycles. The van der Waals surface area contributed by atoms with E-state index in [4.69, 9.17) is 4.42 Å². The molecular weight excluding hydrogens is 448 g/mol. The fourth-order valence-electron chi connectivity index (χ4n) is 11.4. The summed E-state index contributed by atoms with van der Waals surface area (Å²) >= 11 is 0. The quantitative estimate of drug-likeness (QED) is 0.499. The number of rotatable bonds is 4. The Balaban J connectivity index is 1.10. The Morgan fingerprint density at radius 1 is 0.889 bits per heavy atom. The molecule has 9 atom stereocenters. The molecule has 6 aliphatic carbocycles. The summed E-state index contributed by atoms with van der Waals surface area (Å²) in [7, 11) is 0. The molecule has 8 rings (SSSR count). The van der Waals surface area contributed by atoms with Crippen LogP contribution in [-0.4, -0.2) is 21.3 Å². The fourth-order valence-corrected chi connectivity index (χ4v) is 11.4. The van der Waals surface area contributed by atoms with E-state index in [1.807, 2.05) is 30.3 Å². The number of aromatic nitrogens is 2. The van der Waals surface area contributed by atoms with Crippen molar-refractivity contribution in [2.45, 2.75) is 89.4 Å². The second kappa shape index (κ2) is 7.45. The Bertz CT molecular complexity index is 1190. The number of hydrogen-bond donors (Lipinski definition) is 1. The minimum Gasteiger partial charge on any atom is -0.481 e. The molecule has 0 radical (unpaired) electrons. The predicted molar refractivity (Wildman–Crippen MR) is 135 cm³/mol. The van der Waals surface area contributed by atoms with Crippen molar-refractivity contribution >= 4 is 5.97 Å². The molecule has 190 valence electrons. The maximum atomic E-state index is 12.8. The van der Waals surface area contributed by atoms with Gasteiger partial charge < -0.3 is 9.52 Å². The van der Waals surface area contributed by atoms with Crippen LogP contribution in [0.3, 0.4) is 0 Å². The van der Waals surface area contributed by atoms with Crippen molar-refractivity contribution in [3.8, 4) is 11.5 Å². The lowest BCUT2D eigenvalue weighted by molar-refractivity contribution is -0.152. The first-order valence-electron chi connectivity index (χ1n) is 14.6. The average Bonchev–Trinajstić information content (AvgIpc) is 3.46. The molecule has 0 aliphatic heterocycles. The molecule has 0 saturated heterocycles. The predicted octanol–water partition coefficient (Wildman–Crippen LogP) is 7.10. The molecule has 36 heavy (non-hydrogen) atoms. The van der Waals surface area contributed by atoms with Crippen LogP contribution in [0.5, 0.6) is 0 Å². The van der Waals surface area contributed by atoms with Gasteiger partial charge in [0, 0.05) is 11.5 Å². The number of aliphatic carboxylic acids is 1. The van der Waals surface area contributed by atoms with Gasteiger partial charge in [0.2, 0.25) is 11.8 Å². The Labute approximate surface area is 213 Å². The topological polar surface area (TPSA) is 76.2 Å². The molecule has 6 saturated carbocycles. The first kappa shape index (κ1) is 21.9. The first-order valence-corrected chi connectivity index (χ1v) is 14.6. The van der Waals surface area contributed by atoms with Gasteiger partial charge >= 0.3 is 5.97 Å². The van der Waals surface area contributed by atoms with Crippen LogP contribution in [0, 0.1) is 45.8 Å². The molecule has 5 nitrogen and oxygen atoms in total. The summed E-state index contributed by atoms with van der Waals surface area (Å²) in [5.41, 5.74) is 1.23. The Morgan fingerprint density at radius 3 is 2.53 bits per heavy atom. The standard InChI is InChI=1S/C31H38N2O3/c34-28(35)31-8-4-5-19-11-25(31)17-30(13-19,18-31)29-14-20-9-22(12-24(16-29)23(10-20)15-29)27-33-32-26(36-27)21-6-2-1-3-7-21/h1-3,6-7,19-20,22-25H,4-5,8-18H2,(H,34,35). The van der Waals surface area contributed by atoms with Gasteiger partial charge in [0.15, 0.2) is 0 Å². The second-order valence-corrected chi connectivity index (χ2v) is 14.0. The lowest BCUT2D eigenvalue weighted by Gasteiger charge is -2.55. The van der Waals surface area contributed by atoms with Gasteiger partial charge in [-0.2, -0.15) is 0 Å². The third-order valence-electron chi connectivity index (χ3n) is 12.5. The summed E-state index contributed by atoms with van der Waals surface area (Å²) in [6.07, 6.45) is 15.7. The number of carboxylic acid groups (broad SMARTS) is 1. The van der Waals surface area contributed by atoms with Gasteiger partial charge in [-0.25, -0.2) is 0 Å². The summed E-state index contributed by atoms with van der Waals surface area (Å²) < 4.78 is 6.27. The largest absolute Gasteiger partial charge is 0.481 e. The van der Waals surface area contributed by atoms with Gasteiger partial charge in [-0.1, -0.05) is 31.0 Å². The Hall–Kier alpha value is -2.17. The van der Waals surface area contributed by atoms with Crippen LogP contribution in [0.15, 0.2) is 34.7 Å². The second-order valence-electron chi connectivity index (χ2n) is 14.0. The molecule has 6 fully saturated rings. The maximum Gasteiger partial charge on any atom is 0.309 e. The van der Waals surface area contributed by atoms with E-state index in [-0.39, 0.29) is 5.41 Å². The summed E-state index contributed by atoms with van der Waals surface area (Å²) in [6.45, 7) is 0. The molecule has 2 aromatic rings. The molecular formula is C31H38N2O3. The molecule has 6 bridgehead atoms. The fraction of sp³-hybridized carbons (Fsp3) is 0.710. The van der Waals surface area contributed by atoms with Crippen molar-refractivity contribution in [3.63, 3.8) is 0 Å². The SMILES string of the molecule is O=C(O)C12CCCC3CC1CC(C14CC5CC(c6nnc(-c7ccccc7)o6)CC(C1)C(C5)C4)(C3)C2. The molecule has 0 amide bonds. The summed E-state index contributed by atoms with van der Waals surface area (Å²) in [4.78, 5) is 12.8. The normalized spacial score (nSPS) is 46.6. The minimum absolute atomic E-state index is 0.281. The molecule has 9 unspecified atom stereocenters. The average molecular weight is 487 g/mol. The number of carbonyl (C=O) groups is 1. The Morgan fingerprint density at radius 2 is 1.69 bits per heavy atom. The van der Waals surface area contributed by atoms with Crippen molar-refractivity contribution in [1.29, 1.82) is 0 Å². The van der Waals surface area contributed by atoms with Crippen LogP contribution >= 0.6 is 0 Å². The smallest absolute Gasteiger partial charge is 0.309 e. The van der Waals surface area contributed by atoms with Crippen LogP contribution in [0.1, 0.15) is 95.3 Å². The van der Waals surface area contributed by atoms with Gasteiger partial charge in [0.05, 0.1) is 5.41 Å². The van der Waals surface area contributed by atoms with E-state index < -0.39 is 11.4 Å². The highest BCUT2D eigenvalue weighted by Crippen LogP contribution is 2.78. The van der Waals surface area contributed by atoms with Crippen LogP contribution in [-0.2, 0) is 4.79 Å². The molecule has 6 aliphatic rings. The van der Waals surface area contributed by atoms with E-state index in [0.717, 1.165) is 54.9 Å². The van der Waals surface area contributed by atoms with Crippen LogP contribution < -0.4 is 0 Å². The third kappa shape index (κ3) is 2.92. The molecule has 1 aromatic carbocycles. The number of fused-ring (bicyclic) bond motifs is 5. The van der Waals surface area contributed by atoms with E-state index >= 15 is 0 Å². The Kier molecular flexibility index (Phi) is 4.52. The van der Waals surface area contributed by atoms with Gasteiger partial charge in [-0.05, 0) is 123 Å². The van der Waals surface area contributed by atoms with Gasteiger partial charge in [-0.15, -0.1) is 10.2 Å². The van der Waals surface area contributed by atoms with E-state index in [2.05, 4.69) is 10.2 Å². The third-order valence-corrected chi connectivity index (χ3v) is 12.5. The lowest BCUT2D eigenvalue weighted by atomic mass is 9.50. The highest BCUT2D eigenvalue weighted by molar-refractivity contribution is 5.76. The van der Waals surface area contributed by atoms with E-state index in [1.54, 1.807) is 0 Å². The van der Waals surface area contributed by atoms with Crippen LogP contribution in [0.4, 0.5) is 0 Å². The van der Waals surface area contributed by atoms with Gasteiger partial charge in [-0.3, -0.25) is 4.79 Å². The number of carboxylic acids is 1. The molecule has 1 aromatic heterocycles. The van der Waals surface area contributed by atoms with E-state index in [9.17, 15) is 9.90 Å². The monoisotopic (exact) mass is 486 g/mol. The zero-order valence-corrected chi connectivity index (χ0v) is 21.2. The summed E-state index contributed by atoms with van der Waals surface area (Å²) in [6, 6.07) is 10.1. The van der Waals surface area contributed by atoms with Crippen LogP contribution in [0.25, 0.3) is 11.5 Å². The van der Waals surface area contributed by atoms with Gasteiger partial charge in [0.25, 0.3) is 0 Å². The number of benzene rings is 1. The van der Waals surface area contributed by atoms with Crippen molar-refractivity contribution in [2.75, 3.05) is 0 Å². The van der Waals surface area contributed by atoms with Crippen LogP contribution in [0.2, 0.25) is 0 Å². The van der Waals surface area contributed by atoms with Crippen molar-refractivity contribution in [1.82, 2.24) is 10.2 Å². The highest BCUT2D eigenvalue weighted by atomic mass is 16.4. The first-order chi connectivity index (χ1) is 17.5. The van der Waals surface area contributed by atoms with E-state index in [1.165, 1.54) is 57.8 Å². The van der Waals surface area contributed by atoms with E-state index in [0.29, 0.717) is 29.1 Å². The van der Waals surface area contributed by atoms with Gasteiger partial charge in [0.1, 0.15) is 0 Å². The summed E-state index contributed by atoms with van der Waals surface area (Å²) in [5.74, 6) is 4.83. The summed E-state index contributed by atoms with van der Waals surface area (Å²) in [5, 5.41) is 19.5. The lowest BCUT2D eigenvalue weighted by Crippen LogP contribution is -2.46. The van der Waals surface area contributed by atoms with Crippen molar-refractivity contribution < 1.29 is 14.3 Å². The number of hydrogen-bond acceptors (Lipinski definition) is 4. The number of nitrogens with zero attached hydrogens (tertiary/aromatic N) is 2. The molecule has 5 heteroatoms. The van der Waals surface area contributed by atoms with Crippen molar-refractivity contribution in [2.24, 2.45) is 45.8 Å².